The SMILES string of the molecule is COc1cccc(CN2CC(C)(C3CC3)NCC2C)n1. The Morgan fingerprint density at radius 2 is 2.25 bits per heavy atom. The summed E-state index contributed by atoms with van der Waals surface area (Å²) < 4.78 is 5.22. The summed E-state index contributed by atoms with van der Waals surface area (Å²) >= 11 is 0. The number of rotatable bonds is 4. The van der Waals surface area contributed by atoms with Crippen LogP contribution in [0.15, 0.2) is 18.2 Å². The molecule has 2 heterocycles. The van der Waals surface area contributed by atoms with E-state index in [9.17, 15) is 0 Å². The first-order valence-electron chi connectivity index (χ1n) is 7.60. The maximum absolute atomic E-state index is 5.22. The van der Waals surface area contributed by atoms with Crippen LogP contribution < -0.4 is 10.1 Å². The zero-order chi connectivity index (χ0) is 14.2. The van der Waals surface area contributed by atoms with Crippen LogP contribution in [0.25, 0.3) is 0 Å². The summed E-state index contributed by atoms with van der Waals surface area (Å²) in [5.74, 6) is 1.56. The molecule has 1 aromatic rings. The Morgan fingerprint density at radius 3 is 2.95 bits per heavy atom. The lowest BCUT2D eigenvalue weighted by Gasteiger charge is -2.45. The van der Waals surface area contributed by atoms with Gasteiger partial charge in [0.25, 0.3) is 0 Å². The molecule has 2 fully saturated rings. The molecule has 1 aliphatic carbocycles. The number of methoxy groups -OCH3 is 1. The third-order valence-corrected chi connectivity index (χ3v) is 4.79. The fourth-order valence-corrected chi connectivity index (χ4v) is 3.22. The molecule has 1 aromatic heterocycles. The van der Waals surface area contributed by atoms with Crippen LogP contribution in [0.4, 0.5) is 0 Å². The van der Waals surface area contributed by atoms with E-state index in [-0.39, 0.29) is 5.54 Å². The summed E-state index contributed by atoms with van der Waals surface area (Å²) in [5.41, 5.74) is 1.38. The van der Waals surface area contributed by atoms with E-state index >= 15 is 0 Å². The molecule has 110 valence electrons. The van der Waals surface area contributed by atoms with E-state index in [1.165, 1.54) is 12.8 Å². The molecule has 4 nitrogen and oxygen atoms in total. The first kappa shape index (κ1) is 13.8. The lowest BCUT2D eigenvalue weighted by molar-refractivity contribution is 0.0758. The molecule has 2 atom stereocenters. The largest absolute Gasteiger partial charge is 0.481 e. The van der Waals surface area contributed by atoms with Crippen molar-refractivity contribution in [2.45, 2.75) is 44.8 Å². The highest BCUT2D eigenvalue weighted by Gasteiger charge is 2.45. The molecule has 0 radical (unpaired) electrons. The van der Waals surface area contributed by atoms with E-state index in [2.05, 4.69) is 35.1 Å². The zero-order valence-electron chi connectivity index (χ0n) is 12.7. The van der Waals surface area contributed by atoms with Crippen molar-refractivity contribution in [3.63, 3.8) is 0 Å². The molecular formula is C16H25N3O. The van der Waals surface area contributed by atoms with Crippen molar-refractivity contribution in [1.82, 2.24) is 15.2 Å². The highest BCUT2D eigenvalue weighted by atomic mass is 16.5. The standard InChI is InChI=1S/C16H25N3O/c1-12-9-17-16(2,13-7-8-13)11-19(12)10-14-5-4-6-15(18-14)20-3/h4-6,12-13,17H,7-11H2,1-3H3. The summed E-state index contributed by atoms with van der Waals surface area (Å²) in [6.45, 7) is 7.75. The van der Waals surface area contributed by atoms with E-state index in [0.29, 0.717) is 11.9 Å². The van der Waals surface area contributed by atoms with Crippen LogP contribution in [-0.4, -0.2) is 41.7 Å². The second-order valence-electron chi connectivity index (χ2n) is 6.50. The number of hydrogen-bond donors (Lipinski definition) is 1. The number of nitrogens with one attached hydrogen (secondary N) is 1. The minimum atomic E-state index is 0.283. The van der Waals surface area contributed by atoms with Crippen LogP contribution in [0, 0.1) is 5.92 Å². The average molecular weight is 275 g/mol. The number of nitrogens with zero attached hydrogens (tertiary/aromatic N) is 2. The highest BCUT2D eigenvalue weighted by Crippen LogP contribution is 2.41. The summed E-state index contributed by atoms with van der Waals surface area (Å²) in [6, 6.07) is 6.56. The van der Waals surface area contributed by atoms with Gasteiger partial charge in [-0.05, 0) is 38.7 Å². The Hall–Kier alpha value is -1.13. The Morgan fingerprint density at radius 1 is 1.45 bits per heavy atom. The van der Waals surface area contributed by atoms with Crippen LogP contribution in [0.1, 0.15) is 32.4 Å². The van der Waals surface area contributed by atoms with Gasteiger partial charge in [-0.25, -0.2) is 4.98 Å². The van der Waals surface area contributed by atoms with Crippen LogP contribution in [0.3, 0.4) is 0 Å². The van der Waals surface area contributed by atoms with Gasteiger partial charge in [0.05, 0.1) is 12.8 Å². The van der Waals surface area contributed by atoms with Gasteiger partial charge >= 0.3 is 0 Å². The smallest absolute Gasteiger partial charge is 0.213 e. The quantitative estimate of drug-likeness (QED) is 0.912. The Balaban J connectivity index is 1.70. The monoisotopic (exact) mass is 275 g/mol. The minimum Gasteiger partial charge on any atom is -0.481 e. The molecule has 3 rings (SSSR count). The maximum atomic E-state index is 5.22. The van der Waals surface area contributed by atoms with Crippen molar-refractivity contribution in [2.75, 3.05) is 20.2 Å². The Kier molecular flexibility index (Phi) is 3.69. The van der Waals surface area contributed by atoms with Crippen LogP contribution in [0.2, 0.25) is 0 Å². The topological polar surface area (TPSA) is 37.4 Å². The van der Waals surface area contributed by atoms with E-state index in [1.807, 2.05) is 12.1 Å². The van der Waals surface area contributed by atoms with Gasteiger partial charge in [0.15, 0.2) is 0 Å². The molecule has 0 spiro atoms. The van der Waals surface area contributed by atoms with Gasteiger partial charge < -0.3 is 10.1 Å². The maximum Gasteiger partial charge on any atom is 0.213 e. The van der Waals surface area contributed by atoms with Crippen LogP contribution in [-0.2, 0) is 6.54 Å². The van der Waals surface area contributed by atoms with Crippen LogP contribution in [0.5, 0.6) is 5.88 Å². The predicted octanol–water partition coefficient (Wildman–Crippen LogP) is 2.05. The molecule has 4 heteroatoms. The molecule has 2 unspecified atom stereocenters. The Labute approximate surface area is 121 Å². The van der Waals surface area contributed by atoms with Gasteiger partial charge in [-0.3, -0.25) is 4.90 Å². The number of ether oxygens (including phenoxy) is 1. The van der Waals surface area contributed by atoms with Gasteiger partial charge in [0.1, 0.15) is 0 Å². The number of piperazine rings is 1. The van der Waals surface area contributed by atoms with Gasteiger partial charge in [0, 0.05) is 37.3 Å². The second kappa shape index (κ2) is 5.34. The number of aromatic nitrogens is 1. The lowest BCUT2D eigenvalue weighted by atomic mass is 9.91. The molecule has 2 aliphatic rings. The summed E-state index contributed by atoms with van der Waals surface area (Å²) in [4.78, 5) is 7.10. The van der Waals surface area contributed by atoms with Gasteiger partial charge in [0.2, 0.25) is 5.88 Å². The second-order valence-corrected chi connectivity index (χ2v) is 6.50. The van der Waals surface area contributed by atoms with Crippen molar-refractivity contribution >= 4 is 0 Å². The van der Waals surface area contributed by atoms with E-state index in [0.717, 1.165) is 31.2 Å². The highest BCUT2D eigenvalue weighted by molar-refractivity contribution is 5.16. The summed E-state index contributed by atoms with van der Waals surface area (Å²) in [6.07, 6.45) is 2.76. The van der Waals surface area contributed by atoms with Crippen molar-refractivity contribution in [3.8, 4) is 5.88 Å². The van der Waals surface area contributed by atoms with Crippen molar-refractivity contribution < 1.29 is 4.74 Å². The molecule has 1 saturated heterocycles. The summed E-state index contributed by atoms with van der Waals surface area (Å²) in [5, 5.41) is 3.76. The van der Waals surface area contributed by atoms with E-state index in [1.54, 1.807) is 7.11 Å². The van der Waals surface area contributed by atoms with Crippen molar-refractivity contribution in [2.24, 2.45) is 5.92 Å². The molecule has 1 aliphatic heterocycles. The van der Waals surface area contributed by atoms with Gasteiger partial charge in [-0.15, -0.1) is 0 Å². The van der Waals surface area contributed by atoms with Crippen molar-refractivity contribution in [3.05, 3.63) is 23.9 Å². The normalized spacial score (nSPS) is 31.2. The zero-order valence-corrected chi connectivity index (χ0v) is 12.7. The molecule has 1 N–H and O–H groups in total. The van der Waals surface area contributed by atoms with E-state index in [4.69, 9.17) is 4.74 Å². The third kappa shape index (κ3) is 2.81. The molecular weight excluding hydrogens is 250 g/mol. The fourth-order valence-electron chi connectivity index (χ4n) is 3.22. The first-order chi connectivity index (χ1) is 9.60. The van der Waals surface area contributed by atoms with Crippen molar-refractivity contribution in [1.29, 1.82) is 0 Å². The number of pyridine rings is 1. The predicted molar refractivity (Wildman–Crippen MR) is 79.8 cm³/mol. The van der Waals surface area contributed by atoms with Gasteiger partial charge in [-0.2, -0.15) is 0 Å². The summed E-state index contributed by atoms with van der Waals surface area (Å²) in [7, 11) is 1.67. The van der Waals surface area contributed by atoms with Crippen LogP contribution >= 0.6 is 0 Å². The first-order valence-corrected chi connectivity index (χ1v) is 7.60. The third-order valence-electron chi connectivity index (χ3n) is 4.79. The van der Waals surface area contributed by atoms with E-state index < -0.39 is 0 Å². The lowest BCUT2D eigenvalue weighted by Crippen LogP contribution is -2.62. The minimum absolute atomic E-state index is 0.283. The fraction of sp³-hybridized carbons (Fsp3) is 0.688. The molecule has 0 amide bonds. The Bertz CT molecular complexity index is 475. The molecule has 0 aromatic carbocycles. The average Bonchev–Trinajstić information content (AvgIpc) is 3.28. The number of hydrogen-bond acceptors (Lipinski definition) is 4. The van der Waals surface area contributed by atoms with Gasteiger partial charge in [-0.1, -0.05) is 6.07 Å². The molecule has 20 heavy (non-hydrogen) atoms. The molecule has 0 bridgehead atoms. The molecule has 1 saturated carbocycles.